The molecular formula is C39H32N2O2+2. The molecule has 0 bridgehead atoms. The number of ether oxygens (including phenoxy) is 1. The molecule has 0 saturated carbocycles. The van der Waals surface area contributed by atoms with Crippen LogP contribution in [-0.2, 0) is 15.1 Å². The molecule has 1 spiro atoms. The Kier molecular flexibility index (Phi) is 5.48. The minimum Gasteiger partial charge on any atom is -0.432 e. The molecule has 4 aromatic carbocycles. The van der Waals surface area contributed by atoms with E-state index in [4.69, 9.17) is 4.74 Å². The first-order valence-electron chi connectivity index (χ1n) is 14.8. The average molecular weight is 561 g/mol. The summed E-state index contributed by atoms with van der Waals surface area (Å²) in [4.78, 5) is 12.3. The number of fused-ring (bicyclic) bond motifs is 13. The molecule has 2 aliphatic rings. The van der Waals surface area contributed by atoms with Gasteiger partial charge in [0.2, 0.25) is 11.4 Å². The second kappa shape index (κ2) is 9.20. The number of aromatic nitrogens is 2. The molecule has 0 amide bonds. The number of allylic oxidation sites excluding steroid dienone is 2. The van der Waals surface area contributed by atoms with E-state index in [2.05, 4.69) is 132 Å². The van der Waals surface area contributed by atoms with Crippen LogP contribution >= 0.6 is 0 Å². The maximum Gasteiger partial charge on any atom is 0.377 e. The van der Waals surface area contributed by atoms with Crippen LogP contribution in [-0.4, -0.2) is 5.78 Å². The van der Waals surface area contributed by atoms with Crippen LogP contribution in [0.4, 0.5) is 0 Å². The predicted octanol–water partition coefficient (Wildman–Crippen LogP) is 7.65. The highest BCUT2D eigenvalue weighted by Crippen LogP contribution is 2.54. The van der Waals surface area contributed by atoms with E-state index >= 15 is 0 Å². The van der Waals surface area contributed by atoms with Gasteiger partial charge in [0.15, 0.2) is 18.2 Å². The molecule has 1 unspecified atom stereocenters. The lowest BCUT2D eigenvalue weighted by molar-refractivity contribution is -0.848. The number of hydrogen-bond donors (Lipinski definition) is 0. The highest BCUT2D eigenvalue weighted by Gasteiger charge is 2.68. The third-order valence-corrected chi connectivity index (χ3v) is 9.12. The number of carbonyl (C=O) groups excluding carboxylic acids is 1. The second-order valence-electron chi connectivity index (χ2n) is 12.0. The molecule has 4 heterocycles. The summed E-state index contributed by atoms with van der Waals surface area (Å²) in [5.41, 5.74) is 8.67. The second-order valence-corrected chi connectivity index (χ2v) is 12.0. The number of carbonyl (C=O) groups is 1. The Morgan fingerprint density at radius 2 is 1.28 bits per heavy atom. The number of hydrogen-bond acceptors (Lipinski definition) is 2. The van der Waals surface area contributed by atoms with Crippen molar-refractivity contribution in [1.82, 2.24) is 0 Å². The highest BCUT2D eigenvalue weighted by molar-refractivity contribution is 5.97. The zero-order chi connectivity index (χ0) is 29.5. The Balaban J connectivity index is 1.59. The van der Waals surface area contributed by atoms with Crippen LogP contribution in [0.1, 0.15) is 42.3 Å². The van der Waals surface area contributed by atoms with E-state index in [1.807, 2.05) is 6.92 Å². The largest absolute Gasteiger partial charge is 0.432 e. The smallest absolute Gasteiger partial charge is 0.377 e. The molecule has 8 rings (SSSR count). The van der Waals surface area contributed by atoms with Crippen molar-refractivity contribution in [2.75, 3.05) is 0 Å². The molecule has 6 aromatic rings. The molecule has 2 aliphatic heterocycles. The van der Waals surface area contributed by atoms with E-state index in [-0.39, 0.29) is 5.78 Å². The fourth-order valence-electron chi connectivity index (χ4n) is 7.49. The lowest BCUT2D eigenvalue weighted by Gasteiger charge is -2.36. The number of rotatable bonds is 3. The molecule has 208 valence electrons. The Hall–Kier alpha value is -5.09. The van der Waals surface area contributed by atoms with Gasteiger partial charge in [-0.05, 0) is 74.9 Å². The summed E-state index contributed by atoms with van der Waals surface area (Å²) in [6, 6.07) is 35.1. The van der Waals surface area contributed by atoms with Crippen LogP contribution < -0.4 is 9.13 Å². The quantitative estimate of drug-likeness (QED) is 0.127. The molecule has 2 atom stereocenters. The van der Waals surface area contributed by atoms with Gasteiger partial charge in [-0.1, -0.05) is 59.7 Å². The van der Waals surface area contributed by atoms with Crippen molar-refractivity contribution in [3.8, 4) is 22.5 Å². The van der Waals surface area contributed by atoms with Crippen LogP contribution in [0.15, 0.2) is 121 Å². The first kappa shape index (κ1) is 25.6. The summed E-state index contributed by atoms with van der Waals surface area (Å²) in [6.45, 7) is 7.78. The lowest BCUT2D eigenvalue weighted by Crippen LogP contribution is -2.68. The van der Waals surface area contributed by atoms with Gasteiger partial charge in [0.25, 0.3) is 0 Å². The third kappa shape index (κ3) is 3.53. The van der Waals surface area contributed by atoms with E-state index in [0.717, 1.165) is 11.1 Å². The maximum absolute atomic E-state index is 12.3. The molecule has 2 aromatic heterocycles. The van der Waals surface area contributed by atoms with Crippen LogP contribution in [0.25, 0.3) is 44.1 Å². The summed E-state index contributed by atoms with van der Waals surface area (Å²) >= 11 is 0. The SMILES string of the molecule is CC(=O)/C=C(/C)O[C@H]1[n+]2ccc3ccccc3c2-c2ccc(C)cc2C12c1cc(C)ccc1-c1c3ccccc3cc[n+]12. The van der Waals surface area contributed by atoms with E-state index in [0.29, 0.717) is 5.76 Å². The number of ketones is 1. The van der Waals surface area contributed by atoms with Gasteiger partial charge in [0.05, 0.1) is 33.0 Å². The molecule has 0 radical (unpaired) electrons. The molecule has 4 nitrogen and oxygen atoms in total. The van der Waals surface area contributed by atoms with Crippen LogP contribution in [0.3, 0.4) is 0 Å². The molecule has 0 N–H and O–H groups in total. The van der Waals surface area contributed by atoms with Gasteiger partial charge in [-0.25, -0.2) is 0 Å². The zero-order valence-corrected chi connectivity index (χ0v) is 24.8. The Morgan fingerprint density at radius 3 is 1.91 bits per heavy atom. The highest BCUT2D eigenvalue weighted by atomic mass is 16.5. The Bertz CT molecular complexity index is 2190. The van der Waals surface area contributed by atoms with Gasteiger partial charge >= 0.3 is 11.8 Å². The lowest BCUT2D eigenvalue weighted by atomic mass is 9.74. The van der Waals surface area contributed by atoms with Crippen LogP contribution in [0.5, 0.6) is 0 Å². The Morgan fingerprint density at radius 1 is 0.721 bits per heavy atom. The van der Waals surface area contributed by atoms with Gasteiger partial charge < -0.3 is 4.74 Å². The minimum absolute atomic E-state index is 0.0379. The van der Waals surface area contributed by atoms with E-state index in [9.17, 15) is 4.79 Å². The molecule has 4 heteroatoms. The third-order valence-electron chi connectivity index (χ3n) is 9.12. The van der Waals surface area contributed by atoms with Gasteiger partial charge in [-0.2, -0.15) is 9.13 Å². The van der Waals surface area contributed by atoms with Crippen molar-refractivity contribution >= 4 is 27.3 Å². The number of aryl methyl sites for hydroxylation is 2. The maximum atomic E-state index is 12.3. The van der Waals surface area contributed by atoms with Crippen molar-refractivity contribution < 1.29 is 18.7 Å². The summed E-state index contributed by atoms with van der Waals surface area (Å²) < 4.78 is 11.8. The van der Waals surface area contributed by atoms with Crippen molar-refractivity contribution in [2.24, 2.45) is 0 Å². The average Bonchev–Trinajstić information content (AvgIpc) is 3.29. The predicted molar refractivity (Wildman–Crippen MR) is 169 cm³/mol. The molecule has 0 fully saturated rings. The summed E-state index contributed by atoms with van der Waals surface area (Å²) in [6.07, 6.45) is 5.46. The van der Waals surface area contributed by atoms with Gasteiger partial charge in [0.1, 0.15) is 5.76 Å². The number of pyridine rings is 2. The van der Waals surface area contributed by atoms with E-state index in [1.165, 1.54) is 55.2 Å². The molecule has 0 saturated heterocycles. The summed E-state index contributed by atoms with van der Waals surface area (Å²) in [7, 11) is 0. The number of nitrogens with zero attached hydrogens (tertiary/aromatic N) is 2. The van der Waals surface area contributed by atoms with E-state index < -0.39 is 11.8 Å². The molecule has 0 aliphatic carbocycles. The first-order chi connectivity index (χ1) is 20.9. The number of benzene rings is 4. The van der Waals surface area contributed by atoms with E-state index in [1.54, 1.807) is 13.0 Å². The Labute approximate surface area is 251 Å². The van der Waals surface area contributed by atoms with Gasteiger partial charge in [-0.3, -0.25) is 4.79 Å². The van der Waals surface area contributed by atoms with Crippen molar-refractivity contribution in [2.45, 2.75) is 39.5 Å². The standard InChI is InChI=1S/C39H32N2O2/c1-24-13-15-32-34(21-24)39(35-22-25(2)14-16-33(35)37-31-12-8-6-10-29(31)18-20-41(37)39)38(43-27(4)23-26(3)42)40-19-17-28-9-5-7-11-30(28)36(32)40/h5-23,38H,1-4H3/q+2/b27-23-/t38-,39?/m1/s1. The normalized spacial score (nSPS) is 18.3. The first-order valence-corrected chi connectivity index (χ1v) is 14.8. The fourth-order valence-corrected chi connectivity index (χ4v) is 7.49. The van der Waals surface area contributed by atoms with Crippen molar-refractivity contribution in [3.05, 3.63) is 144 Å². The van der Waals surface area contributed by atoms with Crippen LogP contribution in [0.2, 0.25) is 0 Å². The van der Waals surface area contributed by atoms with Crippen molar-refractivity contribution in [3.63, 3.8) is 0 Å². The van der Waals surface area contributed by atoms with Crippen LogP contribution in [0, 0.1) is 13.8 Å². The summed E-state index contributed by atoms with van der Waals surface area (Å²) in [5.74, 6) is 0.549. The monoisotopic (exact) mass is 560 g/mol. The fraction of sp³-hybridized carbons (Fsp3) is 0.154. The molecular weight excluding hydrogens is 528 g/mol. The van der Waals surface area contributed by atoms with Crippen molar-refractivity contribution in [1.29, 1.82) is 0 Å². The zero-order valence-electron chi connectivity index (χ0n) is 24.8. The minimum atomic E-state index is -0.756. The summed E-state index contributed by atoms with van der Waals surface area (Å²) in [5, 5.41) is 4.73. The van der Waals surface area contributed by atoms with Gasteiger partial charge in [0, 0.05) is 18.2 Å². The molecule has 43 heavy (non-hydrogen) atoms. The topological polar surface area (TPSA) is 34.1 Å². The van der Waals surface area contributed by atoms with Gasteiger partial charge in [-0.15, -0.1) is 0 Å².